The number of esters is 1. The lowest BCUT2D eigenvalue weighted by Crippen LogP contribution is -2.45. The van der Waals surface area contributed by atoms with Gasteiger partial charge in [-0.1, -0.05) is 44.9 Å². The molecule has 1 aromatic carbocycles. The van der Waals surface area contributed by atoms with Crippen molar-refractivity contribution in [2.75, 3.05) is 13.2 Å². The van der Waals surface area contributed by atoms with Gasteiger partial charge in [0.1, 0.15) is 5.75 Å². The summed E-state index contributed by atoms with van der Waals surface area (Å²) in [7, 11) is 0. The minimum absolute atomic E-state index is 0.170. The van der Waals surface area contributed by atoms with E-state index < -0.39 is 5.97 Å². The fourth-order valence-electron chi connectivity index (χ4n) is 3.08. The summed E-state index contributed by atoms with van der Waals surface area (Å²) in [5.41, 5.74) is 0.948. The lowest BCUT2D eigenvalue weighted by molar-refractivity contribution is -0.150. The van der Waals surface area contributed by atoms with Crippen LogP contribution in [0.15, 0.2) is 24.3 Å². The van der Waals surface area contributed by atoms with E-state index in [1.807, 2.05) is 25.1 Å². The van der Waals surface area contributed by atoms with Crippen LogP contribution in [0.5, 0.6) is 5.75 Å². The number of benzene rings is 1. The van der Waals surface area contributed by atoms with E-state index in [-0.39, 0.29) is 25.2 Å². The average Bonchev–Trinajstić information content (AvgIpc) is 2.56. The minimum atomic E-state index is -0.543. The molecule has 1 aliphatic carbocycles. The van der Waals surface area contributed by atoms with Crippen LogP contribution in [0, 0.1) is 18.8 Å². The Morgan fingerprint density at radius 2 is 1.92 bits per heavy atom. The maximum absolute atomic E-state index is 12.0. The number of ether oxygens (including phenoxy) is 2. The zero-order valence-electron chi connectivity index (χ0n) is 14.7. The van der Waals surface area contributed by atoms with Gasteiger partial charge in [-0.25, -0.2) is 4.79 Å². The fraction of sp³-hybridized carbons (Fsp3) is 0.579. The topological polar surface area (TPSA) is 64.6 Å². The average molecular weight is 333 g/mol. The number of carbonyl (C=O) groups is 2. The maximum atomic E-state index is 12.0. The lowest BCUT2D eigenvalue weighted by atomic mass is 9.78. The van der Waals surface area contributed by atoms with Crippen LogP contribution >= 0.6 is 0 Å². The van der Waals surface area contributed by atoms with Crippen LogP contribution in [0.25, 0.3) is 0 Å². The number of carbonyl (C=O) groups excluding carboxylic acids is 2. The Labute approximate surface area is 143 Å². The van der Waals surface area contributed by atoms with Crippen LogP contribution in [-0.4, -0.2) is 31.1 Å². The second-order valence-electron chi connectivity index (χ2n) is 6.66. The van der Waals surface area contributed by atoms with Gasteiger partial charge in [0.05, 0.1) is 0 Å². The third-order valence-electron chi connectivity index (χ3n) is 4.86. The van der Waals surface area contributed by atoms with Crippen molar-refractivity contribution >= 4 is 11.9 Å². The molecule has 5 nitrogen and oxygen atoms in total. The van der Waals surface area contributed by atoms with Gasteiger partial charge in [-0.05, 0) is 36.8 Å². The smallest absolute Gasteiger partial charge is 0.344 e. The van der Waals surface area contributed by atoms with E-state index in [0.29, 0.717) is 17.6 Å². The molecule has 2 rings (SSSR count). The van der Waals surface area contributed by atoms with Crippen molar-refractivity contribution in [1.82, 2.24) is 5.32 Å². The number of amides is 1. The number of hydrogen-bond acceptors (Lipinski definition) is 4. The van der Waals surface area contributed by atoms with Crippen molar-refractivity contribution < 1.29 is 19.1 Å². The minimum Gasteiger partial charge on any atom is -0.482 e. The number of hydrogen-bond donors (Lipinski definition) is 1. The summed E-state index contributed by atoms with van der Waals surface area (Å²) >= 11 is 0. The first kappa shape index (κ1) is 18.3. The van der Waals surface area contributed by atoms with Crippen molar-refractivity contribution in [2.45, 2.75) is 46.1 Å². The molecular formula is C19H27NO4. The van der Waals surface area contributed by atoms with E-state index in [4.69, 9.17) is 9.47 Å². The Bertz CT molecular complexity index is 572. The van der Waals surface area contributed by atoms with Crippen LogP contribution in [0.3, 0.4) is 0 Å². The molecular weight excluding hydrogens is 306 g/mol. The van der Waals surface area contributed by atoms with Gasteiger partial charge in [0.2, 0.25) is 0 Å². The van der Waals surface area contributed by atoms with E-state index in [2.05, 4.69) is 19.2 Å². The van der Waals surface area contributed by atoms with Crippen LogP contribution in [0.1, 0.15) is 38.7 Å². The van der Waals surface area contributed by atoms with Gasteiger partial charge in [0.25, 0.3) is 5.91 Å². The first-order valence-electron chi connectivity index (χ1n) is 8.60. The third-order valence-corrected chi connectivity index (χ3v) is 4.86. The molecule has 0 radical (unpaired) electrons. The number of para-hydroxylation sites is 1. The van der Waals surface area contributed by atoms with E-state index in [0.717, 1.165) is 18.4 Å². The zero-order chi connectivity index (χ0) is 17.5. The van der Waals surface area contributed by atoms with Gasteiger partial charge in [-0.3, -0.25) is 4.79 Å². The monoisotopic (exact) mass is 333 g/mol. The van der Waals surface area contributed by atoms with E-state index in [9.17, 15) is 9.59 Å². The summed E-state index contributed by atoms with van der Waals surface area (Å²) in [4.78, 5) is 23.7. The molecule has 1 saturated carbocycles. The highest BCUT2D eigenvalue weighted by molar-refractivity contribution is 5.81. The van der Waals surface area contributed by atoms with Crippen molar-refractivity contribution in [3.8, 4) is 5.75 Å². The molecule has 1 amide bonds. The molecule has 1 aliphatic rings. The number of aryl methyl sites for hydroxylation is 1. The molecule has 0 aliphatic heterocycles. The standard InChI is InChI=1S/C19H27NO4/c1-13-8-6-9-16(15(13)3)20-18(21)11-24-19(22)12-23-17-10-5-4-7-14(17)2/h4-5,7,10,13,15-16H,6,8-9,11-12H2,1-3H3,(H,20,21)/t13-,15+,16-/m0/s1. The first-order chi connectivity index (χ1) is 11.5. The second-order valence-corrected chi connectivity index (χ2v) is 6.66. The molecule has 5 heteroatoms. The van der Waals surface area contributed by atoms with Gasteiger partial charge < -0.3 is 14.8 Å². The largest absolute Gasteiger partial charge is 0.482 e. The Hall–Kier alpha value is -2.04. The molecule has 24 heavy (non-hydrogen) atoms. The summed E-state index contributed by atoms with van der Waals surface area (Å²) in [6.07, 6.45) is 3.32. The van der Waals surface area contributed by atoms with Gasteiger partial charge in [-0.2, -0.15) is 0 Å². The highest BCUT2D eigenvalue weighted by Crippen LogP contribution is 2.29. The Morgan fingerprint density at radius 3 is 2.67 bits per heavy atom. The van der Waals surface area contributed by atoms with Gasteiger partial charge in [-0.15, -0.1) is 0 Å². The number of rotatable bonds is 6. The molecule has 0 spiro atoms. The van der Waals surface area contributed by atoms with Crippen molar-refractivity contribution in [3.05, 3.63) is 29.8 Å². The summed E-state index contributed by atoms with van der Waals surface area (Å²) in [5.74, 6) is 0.907. The normalized spacial score (nSPS) is 23.4. The van der Waals surface area contributed by atoms with Crippen molar-refractivity contribution in [1.29, 1.82) is 0 Å². The van der Waals surface area contributed by atoms with Crippen LogP contribution in [0.4, 0.5) is 0 Å². The maximum Gasteiger partial charge on any atom is 0.344 e. The summed E-state index contributed by atoms with van der Waals surface area (Å²) < 4.78 is 10.4. The number of nitrogens with one attached hydrogen (secondary N) is 1. The molecule has 132 valence electrons. The molecule has 1 fully saturated rings. The Kier molecular flexibility index (Phi) is 6.64. The van der Waals surface area contributed by atoms with E-state index in [1.165, 1.54) is 6.42 Å². The third kappa shape index (κ3) is 5.25. The molecule has 0 saturated heterocycles. The highest BCUT2D eigenvalue weighted by atomic mass is 16.6. The van der Waals surface area contributed by atoms with Crippen molar-refractivity contribution in [3.63, 3.8) is 0 Å². The van der Waals surface area contributed by atoms with Crippen molar-refractivity contribution in [2.24, 2.45) is 11.8 Å². The van der Waals surface area contributed by atoms with Crippen LogP contribution in [-0.2, 0) is 14.3 Å². The molecule has 0 heterocycles. The summed E-state index contributed by atoms with van der Waals surface area (Å²) in [6.45, 7) is 5.83. The van der Waals surface area contributed by atoms with Crippen LogP contribution < -0.4 is 10.1 Å². The Morgan fingerprint density at radius 1 is 1.17 bits per heavy atom. The predicted octanol–water partition coefficient (Wildman–Crippen LogP) is 2.86. The zero-order valence-corrected chi connectivity index (χ0v) is 14.7. The van der Waals surface area contributed by atoms with Gasteiger partial charge in [0.15, 0.2) is 13.2 Å². The molecule has 1 N–H and O–H groups in total. The quantitative estimate of drug-likeness (QED) is 0.813. The molecule has 1 aromatic rings. The molecule has 0 unspecified atom stereocenters. The van der Waals surface area contributed by atoms with Gasteiger partial charge >= 0.3 is 5.97 Å². The first-order valence-corrected chi connectivity index (χ1v) is 8.60. The fourth-order valence-corrected chi connectivity index (χ4v) is 3.08. The Balaban J connectivity index is 1.69. The van der Waals surface area contributed by atoms with E-state index in [1.54, 1.807) is 6.07 Å². The van der Waals surface area contributed by atoms with Crippen LogP contribution in [0.2, 0.25) is 0 Å². The summed E-state index contributed by atoms with van der Waals surface area (Å²) in [6, 6.07) is 7.61. The summed E-state index contributed by atoms with van der Waals surface area (Å²) in [5, 5.41) is 2.98. The lowest BCUT2D eigenvalue weighted by Gasteiger charge is -2.34. The SMILES string of the molecule is Cc1ccccc1OCC(=O)OCC(=O)N[C@H]1CCC[C@H](C)[C@H]1C. The van der Waals surface area contributed by atoms with E-state index >= 15 is 0 Å². The molecule has 3 atom stereocenters. The predicted molar refractivity (Wildman–Crippen MR) is 91.7 cm³/mol. The second kappa shape index (κ2) is 8.71. The van der Waals surface area contributed by atoms with Gasteiger partial charge in [0, 0.05) is 6.04 Å². The molecule has 0 aromatic heterocycles. The molecule has 0 bridgehead atoms. The highest BCUT2D eigenvalue weighted by Gasteiger charge is 2.28.